The highest BCUT2D eigenvalue weighted by Crippen LogP contribution is 2.29. The Hall–Kier alpha value is -1.27. The second-order valence-corrected chi connectivity index (χ2v) is 4.20. The van der Waals surface area contributed by atoms with Crippen LogP contribution in [-0.4, -0.2) is 4.98 Å². The Bertz CT molecular complexity index is 572. The van der Waals surface area contributed by atoms with Gasteiger partial charge in [0.15, 0.2) is 5.82 Å². The molecule has 0 aliphatic carbocycles. The van der Waals surface area contributed by atoms with Gasteiger partial charge in [0.25, 0.3) is 0 Å². The minimum atomic E-state index is -0.597. The third-order valence-corrected chi connectivity index (χ3v) is 2.85. The first-order valence-corrected chi connectivity index (χ1v) is 5.25. The Labute approximate surface area is 98.8 Å². The molecule has 0 amide bonds. The van der Waals surface area contributed by atoms with Crippen molar-refractivity contribution in [1.82, 2.24) is 4.98 Å². The van der Waals surface area contributed by atoms with Gasteiger partial charge in [-0.15, -0.1) is 0 Å². The van der Waals surface area contributed by atoms with Crippen molar-refractivity contribution in [2.24, 2.45) is 5.84 Å². The van der Waals surface area contributed by atoms with E-state index >= 15 is 0 Å². The molecule has 0 bridgehead atoms. The van der Waals surface area contributed by atoms with Gasteiger partial charge in [0.05, 0.1) is 4.47 Å². The number of rotatable bonds is 1. The molecule has 84 valence electrons. The predicted molar refractivity (Wildman–Crippen MR) is 61.9 cm³/mol. The molecule has 6 heteroatoms. The smallest absolute Gasteiger partial charge is 0.150 e. The lowest BCUT2D eigenvalue weighted by atomic mass is 10.1. The van der Waals surface area contributed by atoms with Gasteiger partial charge in [-0.3, -0.25) is 0 Å². The average Bonchev–Trinajstić information content (AvgIpc) is 2.25. The summed E-state index contributed by atoms with van der Waals surface area (Å²) < 4.78 is 27.3. The normalized spacial score (nSPS) is 10.8. The predicted octanol–water partition coefficient (Wildman–Crippen LogP) is 2.87. The van der Waals surface area contributed by atoms with Crippen molar-refractivity contribution in [2.75, 3.05) is 5.43 Å². The van der Waals surface area contributed by atoms with E-state index < -0.39 is 11.6 Å². The molecular weight excluding hydrogens is 280 g/mol. The molecule has 0 atom stereocenters. The standard InChI is InChI=1S/C10H8BrF2N3/c1-4-2-5-8(13)6(11)3-7(12)9(5)15-10(4)16-14/h2-3H,14H2,1H3,(H,15,16). The molecule has 2 rings (SSSR count). The zero-order chi connectivity index (χ0) is 11.9. The van der Waals surface area contributed by atoms with E-state index in [9.17, 15) is 8.78 Å². The molecule has 1 heterocycles. The first-order chi connectivity index (χ1) is 7.54. The minimum absolute atomic E-state index is 0.0424. The summed E-state index contributed by atoms with van der Waals surface area (Å²) in [5.41, 5.74) is 2.94. The number of fused-ring (bicyclic) bond motifs is 1. The number of aromatic nitrogens is 1. The second kappa shape index (κ2) is 3.95. The lowest BCUT2D eigenvalue weighted by Crippen LogP contribution is -2.10. The van der Waals surface area contributed by atoms with E-state index in [2.05, 4.69) is 26.3 Å². The number of halogens is 3. The number of nitrogens with two attached hydrogens (primary N) is 1. The summed E-state index contributed by atoms with van der Waals surface area (Å²) in [6.07, 6.45) is 0. The van der Waals surface area contributed by atoms with Crippen LogP contribution in [0.25, 0.3) is 10.9 Å². The largest absolute Gasteiger partial charge is 0.308 e. The van der Waals surface area contributed by atoms with E-state index in [1.165, 1.54) is 6.07 Å². The number of hydrazine groups is 1. The highest BCUT2D eigenvalue weighted by atomic mass is 79.9. The van der Waals surface area contributed by atoms with Gasteiger partial charge < -0.3 is 5.43 Å². The van der Waals surface area contributed by atoms with Gasteiger partial charge in [-0.25, -0.2) is 19.6 Å². The van der Waals surface area contributed by atoms with Gasteiger partial charge in [0, 0.05) is 5.39 Å². The van der Waals surface area contributed by atoms with Crippen LogP contribution in [0.1, 0.15) is 5.56 Å². The van der Waals surface area contributed by atoms with Gasteiger partial charge in [-0.1, -0.05) is 0 Å². The van der Waals surface area contributed by atoms with Crippen molar-refractivity contribution >= 4 is 32.7 Å². The van der Waals surface area contributed by atoms with Gasteiger partial charge in [-0.05, 0) is 40.5 Å². The molecule has 0 spiro atoms. The molecule has 3 N–H and O–H groups in total. The molecule has 0 fully saturated rings. The van der Waals surface area contributed by atoms with Crippen LogP contribution in [0.4, 0.5) is 14.6 Å². The number of hydrogen-bond acceptors (Lipinski definition) is 3. The van der Waals surface area contributed by atoms with Crippen LogP contribution < -0.4 is 11.3 Å². The SMILES string of the molecule is Cc1cc2c(F)c(Br)cc(F)c2nc1NN. The van der Waals surface area contributed by atoms with Crippen LogP contribution in [0, 0.1) is 18.6 Å². The number of anilines is 1. The van der Waals surface area contributed by atoms with Crippen LogP contribution >= 0.6 is 15.9 Å². The summed E-state index contributed by atoms with van der Waals surface area (Å²) >= 11 is 2.94. The minimum Gasteiger partial charge on any atom is -0.308 e. The fraction of sp³-hybridized carbons (Fsp3) is 0.100. The molecule has 0 aliphatic heterocycles. The Morgan fingerprint density at radius 3 is 2.69 bits per heavy atom. The van der Waals surface area contributed by atoms with Crippen molar-refractivity contribution in [3.05, 3.63) is 33.8 Å². The van der Waals surface area contributed by atoms with Crippen LogP contribution in [0.5, 0.6) is 0 Å². The summed E-state index contributed by atoms with van der Waals surface area (Å²) in [5.74, 6) is 4.42. The first-order valence-electron chi connectivity index (χ1n) is 4.46. The third-order valence-electron chi connectivity index (χ3n) is 2.28. The fourth-order valence-electron chi connectivity index (χ4n) is 1.48. The molecule has 0 saturated heterocycles. The number of hydrogen-bond donors (Lipinski definition) is 2. The Morgan fingerprint density at radius 1 is 1.38 bits per heavy atom. The van der Waals surface area contributed by atoms with Crippen molar-refractivity contribution in [2.45, 2.75) is 6.92 Å². The zero-order valence-corrected chi connectivity index (χ0v) is 9.90. The van der Waals surface area contributed by atoms with Crippen molar-refractivity contribution < 1.29 is 8.78 Å². The Kier molecular flexibility index (Phi) is 2.77. The van der Waals surface area contributed by atoms with E-state index in [4.69, 9.17) is 5.84 Å². The Morgan fingerprint density at radius 2 is 2.06 bits per heavy atom. The summed E-state index contributed by atoms with van der Waals surface area (Å²) in [6.45, 7) is 1.71. The van der Waals surface area contributed by atoms with Crippen LogP contribution in [0.3, 0.4) is 0 Å². The van der Waals surface area contributed by atoms with Crippen molar-refractivity contribution in [3.8, 4) is 0 Å². The fourth-order valence-corrected chi connectivity index (χ4v) is 1.90. The first kappa shape index (κ1) is 11.2. The maximum atomic E-state index is 13.7. The number of benzene rings is 1. The van der Waals surface area contributed by atoms with Crippen molar-refractivity contribution in [3.63, 3.8) is 0 Å². The number of nitrogens with one attached hydrogen (secondary N) is 1. The topological polar surface area (TPSA) is 50.9 Å². The molecular formula is C10H8BrF2N3. The van der Waals surface area contributed by atoms with Crippen LogP contribution in [-0.2, 0) is 0 Å². The molecule has 16 heavy (non-hydrogen) atoms. The van der Waals surface area contributed by atoms with E-state index in [0.717, 1.165) is 6.07 Å². The van der Waals surface area contributed by atoms with E-state index in [-0.39, 0.29) is 15.4 Å². The summed E-state index contributed by atoms with van der Waals surface area (Å²) in [6, 6.07) is 2.54. The van der Waals surface area contributed by atoms with Crippen molar-refractivity contribution in [1.29, 1.82) is 0 Å². The molecule has 2 aromatic rings. The van der Waals surface area contributed by atoms with Gasteiger partial charge in [0.2, 0.25) is 0 Å². The maximum Gasteiger partial charge on any atom is 0.150 e. The molecule has 0 saturated carbocycles. The third kappa shape index (κ3) is 1.64. The quantitative estimate of drug-likeness (QED) is 0.482. The molecule has 0 unspecified atom stereocenters. The van der Waals surface area contributed by atoms with E-state index in [1.54, 1.807) is 6.92 Å². The molecule has 0 aliphatic rings. The number of aryl methyl sites for hydroxylation is 1. The molecule has 3 nitrogen and oxygen atoms in total. The van der Waals surface area contributed by atoms with E-state index in [0.29, 0.717) is 11.4 Å². The highest BCUT2D eigenvalue weighted by molar-refractivity contribution is 9.10. The lowest BCUT2D eigenvalue weighted by molar-refractivity contribution is 0.610. The average molecular weight is 288 g/mol. The summed E-state index contributed by atoms with van der Waals surface area (Å²) in [4.78, 5) is 3.92. The molecule has 1 aromatic carbocycles. The summed E-state index contributed by atoms with van der Waals surface area (Å²) in [5, 5.41) is 0.128. The van der Waals surface area contributed by atoms with Gasteiger partial charge in [0.1, 0.15) is 17.2 Å². The maximum absolute atomic E-state index is 13.7. The zero-order valence-electron chi connectivity index (χ0n) is 8.31. The summed E-state index contributed by atoms with van der Waals surface area (Å²) in [7, 11) is 0. The number of nitrogen functional groups attached to an aromatic ring is 1. The van der Waals surface area contributed by atoms with Crippen LogP contribution in [0.15, 0.2) is 16.6 Å². The molecule has 1 aromatic heterocycles. The van der Waals surface area contributed by atoms with Gasteiger partial charge >= 0.3 is 0 Å². The highest BCUT2D eigenvalue weighted by Gasteiger charge is 2.13. The lowest BCUT2D eigenvalue weighted by Gasteiger charge is -2.08. The monoisotopic (exact) mass is 287 g/mol. The number of pyridine rings is 1. The Balaban J connectivity index is 2.90. The van der Waals surface area contributed by atoms with Gasteiger partial charge in [-0.2, -0.15) is 0 Å². The second-order valence-electron chi connectivity index (χ2n) is 3.35. The number of nitrogens with zero attached hydrogens (tertiary/aromatic N) is 1. The molecule has 0 radical (unpaired) electrons. The van der Waals surface area contributed by atoms with Crippen LogP contribution in [0.2, 0.25) is 0 Å². The van der Waals surface area contributed by atoms with E-state index in [1.807, 2.05) is 0 Å².